The molecule has 2 aromatic rings. The predicted octanol–water partition coefficient (Wildman–Crippen LogP) is 3.09. The minimum absolute atomic E-state index is 0. The zero-order chi connectivity index (χ0) is 13.0. The smallest absolute Gasteiger partial charge is 0.0638 e. The van der Waals surface area contributed by atoms with Crippen molar-refractivity contribution in [3.63, 3.8) is 0 Å². The molecule has 0 fully saturated rings. The summed E-state index contributed by atoms with van der Waals surface area (Å²) in [5, 5.41) is 10.7. The van der Waals surface area contributed by atoms with Crippen molar-refractivity contribution in [3.8, 4) is 0 Å². The minimum Gasteiger partial charge on any atom is -0.312 e. The van der Waals surface area contributed by atoms with Gasteiger partial charge in [-0.05, 0) is 44.9 Å². The lowest BCUT2D eigenvalue weighted by Crippen LogP contribution is -2.17. The fourth-order valence-corrected chi connectivity index (χ4v) is 2.16. The Morgan fingerprint density at radius 3 is 2.53 bits per heavy atom. The van der Waals surface area contributed by atoms with E-state index in [4.69, 9.17) is 0 Å². The highest BCUT2D eigenvalue weighted by Crippen LogP contribution is 2.09. The summed E-state index contributed by atoms with van der Waals surface area (Å²) in [6.45, 7) is 8.16. The van der Waals surface area contributed by atoms with E-state index in [-0.39, 0.29) is 12.4 Å². The van der Waals surface area contributed by atoms with Gasteiger partial charge in [-0.15, -0.1) is 12.4 Å². The highest BCUT2D eigenvalue weighted by molar-refractivity contribution is 5.85. The van der Waals surface area contributed by atoms with Crippen molar-refractivity contribution in [2.75, 3.05) is 6.54 Å². The Hall–Kier alpha value is -1.32. The monoisotopic (exact) mass is 279 g/mol. The van der Waals surface area contributed by atoms with E-state index in [0.717, 1.165) is 30.9 Å². The Kier molecular flexibility index (Phi) is 6.06. The molecule has 0 saturated carbocycles. The van der Waals surface area contributed by atoms with Gasteiger partial charge >= 0.3 is 0 Å². The van der Waals surface area contributed by atoms with Gasteiger partial charge in [0, 0.05) is 17.8 Å². The van der Waals surface area contributed by atoms with Crippen molar-refractivity contribution in [1.29, 1.82) is 0 Å². The van der Waals surface area contributed by atoms with Crippen LogP contribution in [-0.2, 0) is 13.0 Å². The summed E-state index contributed by atoms with van der Waals surface area (Å²) in [5.74, 6) is 0. The standard InChI is InChI=1S/C15H21N3.ClH/c1-11-6-4-5-7-14(11)8-9-16-10-15-12(2)17-18-13(15)3;/h4-7,16H,8-10H2,1-3H3,(H,17,18);1H. The second kappa shape index (κ2) is 7.31. The van der Waals surface area contributed by atoms with Crippen LogP contribution in [0.4, 0.5) is 0 Å². The molecule has 4 heteroatoms. The minimum atomic E-state index is 0. The lowest BCUT2D eigenvalue weighted by Gasteiger charge is -2.07. The molecule has 19 heavy (non-hydrogen) atoms. The number of aromatic amines is 1. The third kappa shape index (κ3) is 4.08. The van der Waals surface area contributed by atoms with Crippen LogP contribution in [0.25, 0.3) is 0 Å². The molecule has 0 radical (unpaired) electrons. The van der Waals surface area contributed by atoms with Gasteiger partial charge in [-0.25, -0.2) is 0 Å². The topological polar surface area (TPSA) is 40.7 Å². The van der Waals surface area contributed by atoms with Crippen molar-refractivity contribution >= 4 is 12.4 Å². The molecule has 1 aromatic carbocycles. The van der Waals surface area contributed by atoms with E-state index in [1.165, 1.54) is 16.7 Å². The second-order valence-corrected chi connectivity index (χ2v) is 4.77. The lowest BCUT2D eigenvalue weighted by atomic mass is 10.1. The first-order chi connectivity index (χ1) is 8.68. The fourth-order valence-electron chi connectivity index (χ4n) is 2.16. The highest BCUT2D eigenvalue weighted by Gasteiger charge is 2.05. The Balaban J connectivity index is 0.00000180. The third-order valence-corrected chi connectivity index (χ3v) is 3.41. The number of nitrogens with one attached hydrogen (secondary N) is 2. The van der Waals surface area contributed by atoms with Crippen LogP contribution >= 0.6 is 12.4 Å². The van der Waals surface area contributed by atoms with Crippen LogP contribution in [0.5, 0.6) is 0 Å². The first kappa shape index (κ1) is 15.7. The predicted molar refractivity (Wildman–Crippen MR) is 81.9 cm³/mol. The van der Waals surface area contributed by atoms with Crippen LogP contribution in [0.1, 0.15) is 28.1 Å². The lowest BCUT2D eigenvalue weighted by molar-refractivity contribution is 0.681. The number of halogens is 1. The molecular formula is C15H22ClN3. The number of rotatable bonds is 5. The molecule has 0 aliphatic carbocycles. The number of nitrogens with zero attached hydrogens (tertiary/aromatic N) is 1. The number of aromatic nitrogens is 2. The van der Waals surface area contributed by atoms with Crippen molar-refractivity contribution in [2.24, 2.45) is 0 Å². The zero-order valence-electron chi connectivity index (χ0n) is 11.8. The van der Waals surface area contributed by atoms with Crippen LogP contribution in [-0.4, -0.2) is 16.7 Å². The molecule has 2 N–H and O–H groups in total. The average molecular weight is 280 g/mol. The number of aryl methyl sites for hydroxylation is 3. The van der Waals surface area contributed by atoms with E-state index < -0.39 is 0 Å². The van der Waals surface area contributed by atoms with E-state index in [9.17, 15) is 0 Å². The maximum Gasteiger partial charge on any atom is 0.0638 e. The van der Waals surface area contributed by atoms with Gasteiger partial charge in [0.1, 0.15) is 0 Å². The highest BCUT2D eigenvalue weighted by atomic mass is 35.5. The first-order valence-electron chi connectivity index (χ1n) is 6.44. The number of benzene rings is 1. The van der Waals surface area contributed by atoms with Crippen LogP contribution < -0.4 is 5.32 Å². The summed E-state index contributed by atoms with van der Waals surface area (Å²) < 4.78 is 0. The molecule has 0 spiro atoms. The third-order valence-electron chi connectivity index (χ3n) is 3.41. The van der Waals surface area contributed by atoms with Crippen molar-refractivity contribution in [3.05, 3.63) is 52.3 Å². The first-order valence-corrected chi connectivity index (χ1v) is 6.44. The van der Waals surface area contributed by atoms with Gasteiger partial charge in [-0.2, -0.15) is 5.10 Å². The molecule has 0 aliphatic heterocycles. The van der Waals surface area contributed by atoms with Gasteiger partial charge in [0.05, 0.1) is 5.69 Å². The Labute approximate surface area is 121 Å². The largest absolute Gasteiger partial charge is 0.312 e. The van der Waals surface area contributed by atoms with Crippen LogP contribution in [0.15, 0.2) is 24.3 Å². The fraction of sp³-hybridized carbons (Fsp3) is 0.400. The molecule has 0 amide bonds. The molecule has 0 saturated heterocycles. The quantitative estimate of drug-likeness (QED) is 0.826. The molecule has 2 rings (SSSR count). The van der Waals surface area contributed by atoms with E-state index in [1.807, 2.05) is 6.92 Å². The van der Waals surface area contributed by atoms with Crippen LogP contribution in [0, 0.1) is 20.8 Å². The van der Waals surface area contributed by atoms with Gasteiger partial charge in [0.2, 0.25) is 0 Å². The summed E-state index contributed by atoms with van der Waals surface area (Å²) >= 11 is 0. The molecule has 3 nitrogen and oxygen atoms in total. The molecular weight excluding hydrogens is 258 g/mol. The SMILES string of the molecule is Cc1ccccc1CCNCc1c(C)n[nH]c1C.Cl. The van der Waals surface area contributed by atoms with Gasteiger partial charge in [-0.3, -0.25) is 5.10 Å². The summed E-state index contributed by atoms with van der Waals surface area (Å²) in [7, 11) is 0. The Morgan fingerprint density at radius 1 is 1.16 bits per heavy atom. The molecule has 1 heterocycles. The van der Waals surface area contributed by atoms with Crippen LogP contribution in [0.3, 0.4) is 0 Å². The van der Waals surface area contributed by atoms with Gasteiger partial charge in [-0.1, -0.05) is 24.3 Å². The molecule has 0 bridgehead atoms. The van der Waals surface area contributed by atoms with Crippen LogP contribution in [0.2, 0.25) is 0 Å². The number of hydrogen-bond donors (Lipinski definition) is 2. The van der Waals surface area contributed by atoms with E-state index in [2.05, 4.69) is 53.6 Å². The maximum atomic E-state index is 4.20. The van der Waals surface area contributed by atoms with E-state index in [1.54, 1.807) is 0 Å². The van der Waals surface area contributed by atoms with E-state index in [0.29, 0.717) is 0 Å². The van der Waals surface area contributed by atoms with Crippen molar-refractivity contribution < 1.29 is 0 Å². The molecule has 104 valence electrons. The van der Waals surface area contributed by atoms with Crippen molar-refractivity contribution in [1.82, 2.24) is 15.5 Å². The molecule has 0 aliphatic rings. The van der Waals surface area contributed by atoms with Crippen molar-refractivity contribution in [2.45, 2.75) is 33.7 Å². The summed E-state index contributed by atoms with van der Waals surface area (Å²) in [5.41, 5.74) is 6.34. The summed E-state index contributed by atoms with van der Waals surface area (Å²) in [6.07, 6.45) is 1.07. The second-order valence-electron chi connectivity index (χ2n) is 4.77. The molecule has 0 atom stereocenters. The molecule has 1 aromatic heterocycles. The Morgan fingerprint density at radius 2 is 1.89 bits per heavy atom. The molecule has 0 unspecified atom stereocenters. The zero-order valence-corrected chi connectivity index (χ0v) is 12.6. The average Bonchev–Trinajstić information content (AvgIpc) is 2.67. The van der Waals surface area contributed by atoms with Gasteiger partial charge in [0.15, 0.2) is 0 Å². The summed E-state index contributed by atoms with van der Waals surface area (Å²) in [6, 6.07) is 8.56. The number of hydrogen-bond acceptors (Lipinski definition) is 2. The normalized spacial score (nSPS) is 10.3. The van der Waals surface area contributed by atoms with E-state index >= 15 is 0 Å². The Bertz CT molecular complexity index is 500. The summed E-state index contributed by atoms with van der Waals surface area (Å²) in [4.78, 5) is 0. The number of H-pyrrole nitrogens is 1. The van der Waals surface area contributed by atoms with Gasteiger partial charge < -0.3 is 5.32 Å². The maximum absolute atomic E-state index is 4.20. The van der Waals surface area contributed by atoms with Gasteiger partial charge in [0.25, 0.3) is 0 Å².